The molecule has 122 valence electrons. The Morgan fingerprint density at radius 2 is 2.17 bits per heavy atom. The minimum atomic E-state index is -0.957. The monoisotopic (exact) mass is 316 g/mol. The Hall–Kier alpha value is -2.42. The number of amides is 1. The number of nitrogens with zero attached hydrogens (tertiary/aromatic N) is 1. The first kappa shape index (κ1) is 15.5. The molecule has 2 fully saturated rings. The van der Waals surface area contributed by atoms with Gasteiger partial charge in [-0.3, -0.25) is 0 Å². The van der Waals surface area contributed by atoms with Crippen molar-refractivity contribution in [1.82, 2.24) is 5.32 Å². The van der Waals surface area contributed by atoms with Crippen LogP contribution in [0.3, 0.4) is 0 Å². The molecule has 2 N–H and O–H groups in total. The summed E-state index contributed by atoms with van der Waals surface area (Å²) in [5.41, 5.74) is 0.696. The van der Waals surface area contributed by atoms with Gasteiger partial charge in [0.05, 0.1) is 12.2 Å². The predicted octanol–water partition coefficient (Wildman–Crippen LogP) is 2.91. The van der Waals surface area contributed by atoms with E-state index in [1.165, 1.54) is 0 Å². The summed E-state index contributed by atoms with van der Waals surface area (Å²) in [6.07, 6.45) is 2.65. The van der Waals surface area contributed by atoms with Gasteiger partial charge < -0.3 is 19.9 Å². The lowest BCUT2D eigenvalue weighted by Gasteiger charge is -2.57. The molecule has 0 heterocycles. The van der Waals surface area contributed by atoms with E-state index in [-0.39, 0.29) is 17.6 Å². The molecule has 0 atom stereocenters. The van der Waals surface area contributed by atoms with Crippen molar-refractivity contribution in [3.63, 3.8) is 0 Å². The number of nitrogens with one attached hydrogen (secondary N) is 1. The van der Waals surface area contributed by atoms with E-state index in [1.54, 1.807) is 12.1 Å². The highest BCUT2D eigenvalue weighted by Crippen LogP contribution is 2.57. The average molecular weight is 316 g/mol. The SMILES string of the molecule is CCOc1cccc(C#N)c1OC1CC2(CC(NC(=O)O)C2)C1. The van der Waals surface area contributed by atoms with Gasteiger partial charge in [-0.1, -0.05) is 6.07 Å². The highest BCUT2D eigenvalue weighted by molar-refractivity contribution is 5.65. The molecule has 23 heavy (non-hydrogen) atoms. The van der Waals surface area contributed by atoms with Crippen molar-refractivity contribution in [1.29, 1.82) is 5.26 Å². The van der Waals surface area contributed by atoms with E-state index in [2.05, 4.69) is 11.4 Å². The minimum absolute atomic E-state index is 0.0643. The summed E-state index contributed by atoms with van der Waals surface area (Å²) in [6, 6.07) is 7.53. The van der Waals surface area contributed by atoms with E-state index in [1.807, 2.05) is 13.0 Å². The van der Waals surface area contributed by atoms with E-state index in [4.69, 9.17) is 14.6 Å². The van der Waals surface area contributed by atoms with E-state index in [9.17, 15) is 10.1 Å². The van der Waals surface area contributed by atoms with Crippen molar-refractivity contribution < 1.29 is 19.4 Å². The fourth-order valence-corrected chi connectivity index (χ4v) is 3.75. The number of hydrogen-bond acceptors (Lipinski definition) is 4. The minimum Gasteiger partial charge on any atom is -0.490 e. The third-order valence-corrected chi connectivity index (χ3v) is 4.69. The fraction of sp³-hybridized carbons (Fsp3) is 0.529. The molecule has 0 saturated heterocycles. The second-order valence-electron chi connectivity index (χ2n) is 6.38. The smallest absolute Gasteiger partial charge is 0.404 e. The van der Waals surface area contributed by atoms with Crippen molar-refractivity contribution in [2.24, 2.45) is 5.41 Å². The third-order valence-electron chi connectivity index (χ3n) is 4.69. The number of carbonyl (C=O) groups is 1. The Labute approximate surface area is 135 Å². The first-order chi connectivity index (χ1) is 11.0. The Morgan fingerprint density at radius 3 is 2.78 bits per heavy atom. The molecule has 3 rings (SSSR count). The second-order valence-corrected chi connectivity index (χ2v) is 6.38. The summed E-state index contributed by atoms with van der Waals surface area (Å²) in [5.74, 6) is 1.13. The predicted molar refractivity (Wildman–Crippen MR) is 82.6 cm³/mol. The molecule has 2 saturated carbocycles. The zero-order valence-electron chi connectivity index (χ0n) is 13.0. The summed E-state index contributed by atoms with van der Waals surface area (Å²) in [6.45, 7) is 2.41. The summed E-state index contributed by atoms with van der Waals surface area (Å²) in [5, 5.41) is 20.5. The maximum atomic E-state index is 10.6. The van der Waals surface area contributed by atoms with E-state index in [0.717, 1.165) is 25.7 Å². The van der Waals surface area contributed by atoms with Gasteiger partial charge in [0.15, 0.2) is 11.5 Å². The van der Waals surface area contributed by atoms with Crippen LogP contribution in [0.25, 0.3) is 0 Å². The Balaban J connectivity index is 1.59. The highest BCUT2D eigenvalue weighted by Gasteiger charge is 2.54. The van der Waals surface area contributed by atoms with Crippen molar-refractivity contribution >= 4 is 6.09 Å². The van der Waals surface area contributed by atoms with Crippen LogP contribution in [0.4, 0.5) is 4.79 Å². The van der Waals surface area contributed by atoms with Gasteiger partial charge in [0, 0.05) is 6.04 Å². The number of nitriles is 1. The maximum Gasteiger partial charge on any atom is 0.404 e. The zero-order chi connectivity index (χ0) is 16.4. The van der Waals surface area contributed by atoms with Crippen LogP contribution in [0, 0.1) is 16.7 Å². The average Bonchev–Trinajstić information content (AvgIpc) is 2.43. The van der Waals surface area contributed by atoms with Gasteiger partial charge in [-0.05, 0) is 50.2 Å². The molecule has 2 aliphatic carbocycles. The quantitative estimate of drug-likeness (QED) is 0.871. The first-order valence-corrected chi connectivity index (χ1v) is 7.87. The molecule has 1 aromatic rings. The molecule has 0 unspecified atom stereocenters. The first-order valence-electron chi connectivity index (χ1n) is 7.87. The van der Waals surface area contributed by atoms with Crippen molar-refractivity contribution in [3.8, 4) is 17.6 Å². The van der Waals surface area contributed by atoms with Crippen LogP contribution in [0.15, 0.2) is 18.2 Å². The fourth-order valence-electron chi connectivity index (χ4n) is 3.75. The molecule has 1 spiro atoms. The molecule has 0 radical (unpaired) electrons. The molecule has 6 nitrogen and oxygen atoms in total. The van der Waals surface area contributed by atoms with Crippen LogP contribution in [0.5, 0.6) is 11.5 Å². The van der Waals surface area contributed by atoms with Crippen LogP contribution in [-0.4, -0.2) is 30.0 Å². The van der Waals surface area contributed by atoms with Gasteiger partial charge in [0.2, 0.25) is 0 Å². The van der Waals surface area contributed by atoms with Gasteiger partial charge in [-0.2, -0.15) is 5.26 Å². The molecule has 0 bridgehead atoms. The van der Waals surface area contributed by atoms with Crippen LogP contribution >= 0.6 is 0 Å². The number of rotatable bonds is 5. The topological polar surface area (TPSA) is 91.6 Å². The molecule has 6 heteroatoms. The van der Waals surface area contributed by atoms with Crippen LogP contribution in [-0.2, 0) is 0 Å². The molecule has 1 aromatic carbocycles. The lowest BCUT2D eigenvalue weighted by Crippen LogP contribution is -2.58. The lowest BCUT2D eigenvalue weighted by atomic mass is 9.53. The van der Waals surface area contributed by atoms with Crippen LogP contribution < -0.4 is 14.8 Å². The van der Waals surface area contributed by atoms with Crippen LogP contribution in [0.1, 0.15) is 38.2 Å². The number of para-hydroxylation sites is 1. The van der Waals surface area contributed by atoms with E-state index in [0.29, 0.717) is 23.7 Å². The van der Waals surface area contributed by atoms with Gasteiger partial charge in [-0.25, -0.2) is 4.79 Å². The Kier molecular flexibility index (Phi) is 4.03. The third kappa shape index (κ3) is 3.04. The van der Waals surface area contributed by atoms with Crippen molar-refractivity contribution in [3.05, 3.63) is 23.8 Å². The molecular weight excluding hydrogens is 296 g/mol. The molecule has 1 amide bonds. The largest absolute Gasteiger partial charge is 0.490 e. The Bertz CT molecular complexity index is 638. The summed E-state index contributed by atoms with van der Waals surface area (Å²) in [7, 11) is 0. The standard InChI is InChI=1S/C17H20N2O4/c1-2-22-14-5-3-4-11(10-18)15(14)23-13-8-17(9-13)6-12(7-17)19-16(20)21/h3-5,12-13,19H,2,6-9H2,1H3,(H,20,21). The molecular formula is C17H20N2O4. The van der Waals surface area contributed by atoms with Gasteiger partial charge in [0.25, 0.3) is 0 Å². The maximum absolute atomic E-state index is 10.6. The van der Waals surface area contributed by atoms with E-state index >= 15 is 0 Å². The number of benzene rings is 1. The number of hydrogen-bond donors (Lipinski definition) is 2. The normalized spacial score (nSPS) is 28.2. The summed E-state index contributed by atoms with van der Waals surface area (Å²) >= 11 is 0. The number of carboxylic acid groups (broad SMARTS) is 1. The molecule has 0 aliphatic heterocycles. The van der Waals surface area contributed by atoms with Gasteiger partial charge in [-0.15, -0.1) is 0 Å². The summed E-state index contributed by atoms with van der Waals surface area (Å²) < 4.78 is 11.6. The number of ether oxygens (including phenoxy) is 2. The molecule has 2 aliphatic rings. The van der Waals surface area contributed by atoms with Gasteiger partial charge in [0.1, 0.15) is 12.2 Å². The van der Waals surface area contributed by atoms with Crippen LogP contribution in [0.2, 0.25) is 0 Å². The lowest BCUT2D eigenvalue weighted by molar-refractivity contribution is -0.0844. The van der Waals surface area contributed by atoms with Crippen molar-refractivity contribution in [2.75, 3.05) is 6.61 Å². The Morgan fingerprint density at radius 1 is 1.43 bits per heavy atom. The highest BCUT2D eigenvalue weighted by atomic mass is 16.5. The molecule has 0 aromatic heterocycles. The zero-order valence-corrected chi connectivity index (χ0v) is 13.0. The van der Waals surface area contributed by atoms with E-state index < -0.39 is 6.09 Å². The summed E-state index contributed by atoms with van der Waals surface area (Å²) in [4.78, 5) is 10.6. The van der Waals surface area contributed by atoms with Crippen molar-refractivity contribution in [2.45, 2.75) is 44.8 Å². The second kappa shape index (κ2) is 5.99. The van der Waals surface area contributed by atoms with Gasteiger partial charge >= 0.3 is 6.09 Å².